The molecule has 0 aromatic carbocycles. The van der Waals surface area contributed by atoms with Crippen LogP contribution in [0.15, 0.2) is 12.2 Å². The average molecular weight is 301 g/mol. The summed E-state index contributed by atoms with van der Waals surface area (Å²) in [6, 6.07) is -2.15. The van der Waals surface area contributed by atoms with Crippen LogP contribution in [0.4, 0.5) is 0 Å². The van der Waals surface area contributed by atoms with Gasteiger partial charge < -0.3 is 20.1 Å². The van der Waals surface area contributed by atoms with Crippen molar-refractivity contribution in [3.05, 3.63) is 12.2 Å². The molecule has 0 saturated heterocycles. The summed E-state index contributed by atoms with van der Waals surface area (Å²) in [5.41, 5.74) is 0. The fourth-order valence-electron chi connectivity index (χ4n) is 2.29. The minimum atomic E-state index is -1.36. The van der Waals surface area contributed by atoms with Gasteiger partial charge in [-0.15, -0.1) is 0 Å². The SMILES string of the molecule is CCCCC/C=C/C[N+](CO)(C(C)C(=O)[O-])C(C)C(=O)O. The van der Waals surface area contributed by atoms with E-state index in [0.717, 1.165) is 25.7 Å². The zero-order valence-electron chi connectivity index (χ0n) is 13.1. The van der Waals surface area contributed by atoms with Gasteiger partial charge in [0.1, 0.15) is 12.6 Å². The largest absolute Gasteiger partial charge is 0.544 e. The first-order chi connectivity index (χ1) is 9.83. The van der Waals surface area contributed by atoms with E-state index in [4.69, 9.17) is 0 Å². The average Bonchev–Trinajstić information content (AvgIpc) is 2.45. The molecular formula is C15H27NO5. The zero-order valence-corrected chi connectivity index (χ0v) is 13.1. The second-order valence-electron chi connectivity index (χ2n) is 5.40. The lowest BCUT2D eigenvalue weighted by Crippen LogP contribution is -2.67. The van der Waals surface area contributed by atoms with E-state index >= 15 is 0 Å². The molecule has 0 aromatic rings. The number of carboxylic acid groups (broad SMARTS) is 2. The number of carbonyl (C=O) groups is 2. The molecule has 6 heteroatoms. The van der Waals surface area contributed by atoms with Gasteiger partial charge in [0.15, 0.2) is 12.8 Å². The lowest BCUT2D eigenvalue weighted by Gasteiger charge is -2.44. The summed E-state index contributed by atoms with van der Waals surface area (Å²) in [6.07, 6.45) is 7.80. The van der Waals surface area contributed by atoms with Crippen molar-refractivity contribution in [1.82, 2.24) is 0 Å². The third-order valence-corrected chi connectivity index (χ3v) is 4.09. The number of rotatable bonds is 11. The van der Waals surface area contributed by atoms with Crippen molar-refractivity contribution in [1.29, 1.82) is 0 Å². The van der Waals surface area contributed by atoms with Crippen molar-refractivity contribution >= 4 is 11.9 Å². The van der Waals surface area contributed by atoms with Gasteiger partial charge in [-0.1, -0.05) is 25.8 Å². The summed E-state index contributed by atoms with van der Waals surface area (Å²) < 4.78 is -0.470. The molecule has 6 nitrogen and oxygen atoms in total. The number of carboxylic acids is 2. The third kappa shape index (κ3) is 5.47. The summed E-state index contributed by atoms with van der Waals surface area (Å²) >= 11 is 0. The van der Waals surface area contributed by atoms with E-state index in [-0.39, 0.29) is 6.54 Å². The van der Waals surface area contributed by atoms with E-state index in [9.17, 15) is 24.9 Å². The van der Waals surface area contributed by atoms with Crippen LogP contribution in [0.5, 0.6) is 0 Å². The predicted molar refractivity (Wildman–Crippen MR) is 77.1 cm³/mol. The maximum atomic E-state index is 11.2. The molecule has 0 aliphatic rings. The topological polar surface area (TPSA) is 97.7 Å². The van der Waals surface area contributed by atoms with Gasteiger partial charge in [0.05, 0.1) is 5.97 Å². The molecule has 0 rings (SSSR count). The predicted octanol–water partition coefficient (Wildman–Crippen LogP) is 0.501. The number of aliphatic hydroxyl groups excluding tert-OH is 1. The first kappa shape index (κ1) is 19.6. The minimum absolute atomic E-state index is 0.144. The number of allylic oxidation sites excluding steroid dienone is 1. The van der Waals surface area contributed by atoms with Gasteiger partial charge in [0.2, 0.25) is 0 Å². The van der Waals surface area contributed by atoms with Gasteiger partial charge in [-0.05, 0) is 32.8 Å². The second-order valence-corrected chi connectivity index (χ2v) is 5.40. The van der Waals surface area contributed by atoms with Crippen LogP contribution >= 0.6 is 0 Å². The highest BCUT2D eigenvalue weighted by Crippen LogP contribution is 2.19. The maximum Gasteiger partial charge on any atom is 0.362 e. The molecule has 0 spiro atoms. The molecule has 3 atom stereocenters. The quantitative estimate of drug-likeness (QED) is 0.251. The van der Waals surface area contributed by atoms with E-state index < -0.39 is 35.2 Å². The number of hydrogen-bond acceptors (Lipinski definition) is 4. The highest BCUT2D eigenvalue weighted by molar-refractivity contribution is 5.73. The third-order valence-electron chi connectivity index (χ3n) is 4.09. The van der Waals surface area contributed by atoms with Crippen LogP contribution < -0.4 is 5.11 Å². The van der Waals surface area contributed by atoms with Gasteiger partial charge >= 0.3 is 5.97 Å². The Balaban J connectivity index is 5.03. The van der Waals surface area contributed by atoms with E-state index in [2.05, 4.69) is 6.92 Å². The molecule has 2 N–H and O–H groups in total. The van der Waals surface area contributed by atoms with Gasteiger partial charge in [-0.25, -0.2) is 4.79 Å². The summed E-state index contributed by atoms with van der Waals surface area (Å²) in [7, 11) is 0. The lowest BCUT2D eigenvalue weighted by molar-refractivity contribution is -0.967. The highest BCUT2D eigenvalue weighted by Gasteiger charge is 2.42. The Kier molecular flexibility index (Phi) is 8.89. The molecule has 122 valence electrons. The molecular weight excluding hydrogens is 274 g/mol. The molecule has 0 amide bonds. The fraction of sp³-hybridized carbons (Fsp3) is 0.733. The van der Waals surface area contributed by atoms with Crippen molar-refractivity contribution in [3.8, 4) is 0 Å². The van der Waals surface area contributed by atoms with Crippen LogP contribution in [-0.4, -0.2) is 52.0 Å². The molecule has 0 radical (unpaired) electrons. The summed E-state index contributed by atoms with van der Waals surface area (Å²) in [4.78, 5) is 22.4. The van der Waals surface area contributed by atoms with Crippen LogP contribution in [0.2, 0.25) is 0 Å². The van der Waals surface area contributed by atoms with Crippen molar-refractivity contribution in [2.24, 2.45) is 0 Å². The summed E-state index contributed by atoms with van der Waals surface area (Å²) in [5.74, 6) is -2.51. The maximum absolute atomic E-state index is 11.2. The fourth-order valence-corrected chi connectivity index (χ4v) is 2.29. The van der Waals surface area contributed by atoms with E-state index in [0.29, 0.717) is 0 Å². The molecule has 0 bridgehead atoms. The molecule has 0 aliphatic heterocycles. The standard InChI is InChI=1S/C15H27NO5/c1-4-5-6-7-8-9-10-16(11-17,12(2)14(18)19)13(3)15(20)21/h8-9,12-13,17H,4-7,10-11H2,1-3H3,(H-,18,19,20,21)/b9-8+. The molecule has 0 heterocycles. The van der Waals surface area contributed by atoms with E-state index in [1.165, 1.54) is 13.8 Å². The zero-order chi connectivity index (χ0) is 16.5. The number of unbranched alkanes of at least 4 members (excludes halogenated alkanes) is 3. The Morgan fingerprint density at radius 2 is 1.81 bits per heavy atom. The Labute approximate surface area is 126 Å². The Morgan fingerprint density at radius 3 is 2.24 bits per heavy atom. The number of quaternary nitrogens is 1. The van der Waals surface area contributed by atoms with Gasteiger partial charge in [-0.2, -0.15) is 0 Å². The minimum Gasteiger partial charge on any atom is -0.544 e. The van der Waals surface area contributed by atoms with Crippen LogP contribution in [0.25, 0.3) is 0 Å². The first-order valence-corrected chi connectivity index (χ1v) is 7.39. The molecule has 3 unspecified atom stereocenters. The van der Waals surface area contributed by atoms with Crippen LogP contribution in [0, 0.1) is 0 Å². The Hall–Kier alpha value is -1.40. The van der Waals surface area contributed by atoms with Crippen molar-refractivity contribution < 1.29 is 29.4 Å². The molecule has 0 aromatic heterocycles. The smallest absolute Gasteiger partial charge is 0.362 e. The second kappa shape index (κ2) is 9.52. The number of aliphatic carboxylic acids is 2. The lowest BCUT2D eigenvalue weighted by atomic mass is 10.1. The summed E-state index contributed by atoms with van der Waals surface area (Å²) in [5, 5.41) is 30.0. The van der Waals surface area contributed by atoms with Crippen molar-refractivity contribution in [2.75, 3.05) is 13.3 Å². The van der Waals surface area contributed by atoms with Crippen LogP contribution in [0.3, 0.4) is 0 Å². The first-order valence-electron chi connectivity index (χ1n) is 7.39. The van der Waals surface area contributed by atoms with Crippen molar-refractivity contribution in [2.45, 2.75) is 58.5 Å². The van der Waals surface area contributed by atoms with Gasteiger partial charge in [-0.3, -0.25) is 4.48 Å². The molecule has 0 aliphatic carbocycles. The molecule has 0 saturated carbocycles. The number of nitrogens with zero attached hydrogens (tertiary/aromatic N) is 1. The van der Waals surface area contributed by atoms with Gasteiger partial charge in [0.25, 0.3) is 0 Å². The molecule has 21 heavy (non-hydrogen) atoms. The monoisotopic (exact) mass is 301 g/mol. The summed E-state index contributed by atoms with van der Waals surface area (Å²) in [6.45, 7) is 4.46. The van der Waals surface area contributed by atoms with E-state index in [1.807, 2.05) is 6.08 Å². The highest BCUT2D eigenvalue weighted by atomic mass is 16.4. The normalized spacial score (nSPS) is 17.3. The number of aliphatic hydroxyl groups is 1. The Morgan fingerprint density at radius 1 is 1.19 bits per heavy atom. The van der Waals surface area contributed by atoms with E-state index in [1.54, 1.807) is 6.08 Å². The van der Waals surface area contributed by atoms with Crippen LogP contribution in [-0.2, 0) is 9.59 Å². The number of hydrogen-bond donors (Lipinski definition) is 2. The van der Waals surface area contributed by atoms with Crippen LogP contribution in [0.1, 0.15) is 46.5 Å². The number of carbonyl (C=O) groups excluding carboxylic acids is 1. The molecule has 0 fully saturated rings. The van der Waals surface area contributed by atoms with Gasteiger partial charge in [0, 0.05) is 0 Å². The Bertz CT molecular complexity index is 347. The van der Waals surface area contributed by atoms with Crippen molar-refractivity contribution in [3.63, 3.8) is 0 Å².